The molecule has 9 nitrogen and oxygen atoms in total. The largest absolute Gasteiger partial charge is 0.481 e. The summed E-state index contributed by atoms with van der Waals surface area (Å²) in [5.41, 5.74) is 0.529. The van der Waals surface area contributed by atoms with E-state index in [1.807, 2.05) is 0 Å². The lowest BCUT2D eigenvalue weighted by Gasteiger charge is -2.26. The predicted octanol–water partition coefficient (Wildman–Crippen LogP) is 1.39. The summed E-state index contributed by atoms with van der Waals surface area (Å²) in [4.78, 5) is 45.2. The van der Waals surface area contributed by atoms with E-state index in [9.17, 15) is 24.5 Å². The number of hydrogen-bond acceptors (Lipinski definition) is 5. The Morgan fingerprint density at radius 3 is 2.42 bits per heavy atom. The number of amides is 2. The first kappa shape index (κ1) is 19.4. The Bertz CT molecular complexity index is 725. The van der Waals surface area contributed by atoms with Gasteiger partial charge in [0.25, 0.3) is 11.6 Å². The van der Waals surface area contributed by atoms with Gasteiger partial charge in [-0.3, -0.25) is 24.5 Å². The van der Waals surface area contributed by atoms with Crippen LogP contribution < -0.4 is 10.6 Å². The van der Waals surface area contributed by atoms with E-state index in [-0.39, 0.29) is 35.7 Å². The van der Waals surface area contributed by atoms with Crippen molar-refractivity contribution in [2.45, 2.75) is 38.6 Å². The number of carbonyl (C=O) groups is 3. The summed E-state index contributed by atoms with van der Waals surface area (Å²) in [6, 6.07) is 3.91. The fourth-order valence-electron chi connectivity index (χ4n) is 3.03. The predicted molar refractivity (Wildman–Crippen MR) is 91.7 cm³/mol. The first-order chi connectivity index (χ1) is 12.3. The lowest BCUT2D eigenvalue weighted by atomic mass is 9.86. The van der Waals surface area contributed by atoms with Gasteiger partial charge < -0.3 is 15.7 Å². The summed E-state index contributed by atoms with van der Waals surface area (Å²) in [7, 11) is 0. The molecule has 1 aliphatic rings. The van der Waals surface area contributed by atoms with Gasteiger partial charge in [-0.05, 0) is 44.7 Å². The van der Waals surface area contributed by atoms with Gasteiger partial charge in [-0.2, -0.15) is 0 Å². The second-order valence-corrected chi connectivity index (χ2v) is 6.40. The fraction of sp³-hybridized carbons (Fsp3) is 0.471. The van der Waals surface area contributed by atoms with E-state index in [4.69, 9.17) is 5.11 Å². The molecule has 1 fully saturated rings. The number of carboxylic acids is 1. The van der Waals surface area contributed by atoms with Crippen LogP contribution in [0.3, 0.4) is 0 Å². The monoisotopic (exact) mass is 363 g/mol. The van der Waals surface area contributed by atoms with Crippen LogP contribution in [0, 0.1) is 23.0 Å². The number of nitro benzene ring substituents is 1. The summed E-state index contributed by atoms with van der Waals surface area (Å²) < 4.78 is 0. The number of nitro groups is 1. The minimum Gasteiger partial charge on any atom is -0.481 e. The van der Waals surface area contributed by atoms with Crippen LogP contribution in [-0.4, -0.2) is 40.4 Å². The smallest absolute Gasteiger partial charge is 0.306 e. The fourth-order valence-corrected chi connectivity index (χ4v) is 3.03. The maximum atomic E-state index is 12.1. The molecule has 0 aliphatic heterocycles. The Morgan fingerprint density at radius 1 is 1.23 bits per heavy atom. The highest BCUT2D eigenvalue weighted by atomic mass is 16.6. The van der Waals surface area contributed by atoms with Crippen molar-refractivity contribution in [2.24, 2.45) is 5.92 Å². The van der Waals surface area contributed by atoms with Crippen LogP contribution in [-0.2, 0) is 9.59 Å². The molecule has 0 radical (unpaired) electrons. The second-order valence-electron chi connectivity index (χ2n) is 6.40. The highest BCUT2D eigenvalue weighted by Gasteiger charge is 2.26. The molecular weight excluding hydrogens is 342 g/mol. The number of benzene rings is 1. The molecule has 0 unspecified atom stereocenters. The van der Waals surface area contributed by atoms with E-state index in [0.717, 1.165) is 0 Å². The van der Waals surface area contributed by atoms with Crippen LogP contribution in [0.2, 0.25) is 0 Å². The molecule has 0 saturated heterocycles. The topological polar surface area (TPSA) is 139 Å². The molecule has 26 heavy (non-hydrogen) atoms. The molecule has 140 valence electrons. The molecule has 1 saturated carbocycles. The Morgan fingerprint density at radius 2 is 1.88 bits per heavy atom. The number of rotatable bonds is 6. The molecule has 0 heterocycles. The van der Waals surface area contributed by atoms with E-state index in [0.29, 0.717) is 31.2 Å². The Kier molecular flexibility index (Phi) is 6.26. The average molecular weight is 363 g/mol. The van der Waals surface area contributed by atoms with E-state index >= 15 is 0 Å². The first-order valence-corrected chi connectivity index (χ1v) is 8.33. The highest BCUT2D eigenvalue weighted by molar-refractivity contribution is 5.96. The number of hydrogen-bond donors (Lipinski definition) is 3. The molecule has 1 aliphatic carbocycles. The Labute approximate surface area is 149 Å². The van der Waals surface area contributed by atoms with Gasteiger partial charge in [0.2, 0.25) is 5.91 Å². The van der Waals surface area contributed by atoms with Crippen LogP contribution in [0.15, 0.2) is 18.2 Å². The van der Waals surface area contributed by atoms with Crippen LogP contribution in [0.25, 0.3) is 0 Å². The molecular formula is C17H21N3O6. The Balaban J connectivity index is 1.80. The van der Waals surface area contributed by atoms with Crippen molar-refractivity contribution in [3.8, 4) is 0 Å². The molecule has 2 amide bonds. The van der Waals surface area contributed by atoms with Gasteiger partial charge >= 0.3 is 5.97 Å². The standard InChI is InChI=1S/C17H21N3O6/c1-10-8-12(4-7-14(10)20(25)26)16(22)18-9-15(21)19-13-5-2-11(3-6-13)17(23)24/h4,7-8,11,13H,2-3,5-6,9H2,1H3,(H,18,22)(H,19,21)(H,23,24). The molecule has 3 N–H and O–H groups in total. The SMILES string of the molecule is Cc1cc(C(=O)NCC(=O)NC2CCC(C(=O)O)CC2)ccc1[N+](=O)[O-]. The van der Waals surface area contributed by atoms with Gasteiger partial charge in [0, 0.05) is 23.2 Å². The quantitative estimate of drug-likeness (QED) is 0.516. The van der Waals surface area contributed by atoms with E-state index < -0.39 is 16.8 Å². The summed E-state index contributed by atoms with van der Waals surface area (Å²) >= 11 is 0. The number of aryl methyl sites for hydroxylation is 1. The molecule has 0 spiro atoms. The number of carboxylic acid groups (broad SMARTS) is 1. The van der Waals surface area contributed by atoms with Crippen molar-refractivity contribution < 1.29 is 24.4 Å². The summed E-state index contributed by atoms with van der Waals surface area (Å²) in [6.45, 7) is 1.32. The van der Waals surface area contributed by atoms with Gasteiger partial charge in [-0.15, -0.1) is 0 Å². The lowest BCUT2D eigenvalue weighted by Crippen LogP contribution is -2.43. The molecule has 1 aromatic carbocycles. The molecule has 0 atom stereocenters. The summed E-state index contributed by atoms with van der Waals surface area (Å²) in [5.74, 6) is -2.00. The van der Waals surface area contributed by atoms with Gasteiger partial charge in [-0.25, -0.2) is 0 Å². The third-order valence-electron chi connectivity index (χ3n) is 4.51. The third kappa shape index (κ3) is 5.01. The van der Waals surface area contributed by atoms with Crippen molar-refractivity contribution in [3.63, 3.8) is 0 Å². The van der Waals surface area contributed by atoms with Crippen LogP contribution in [0.5, 0.6) is 0 Å². The van der Waals surface area contributed by atoms with E-state index in [1.165, 1.54) is 25.1 Å². The van der Waals surface area contributed by atoms with Crippen LogP contribution in [0.4, 0.5) is 5.69 Å². The zero-order valence-electron chi connectivity index (χ0n) is 14.4. The zero-order valence-corrected chi connectivity index (χ0v) is 14.4. The maximum absolute atomic E-state index is 12.1. The number of carbonyl (C=O) groups excluding carboxylic acids is 2. The number of nitrogens with one attached hydrogen (secondary N) is 2. The zero-order chi connectivity index (χ0) is 19.3. The van der Waals surface area contributed by atoms with Gasteiger partial charge in [0.1, 0.15) is 0 Å². The second kappa shape index (κ2) is 8.41. The van der Waals surface area contributed by atoms with E-state index in [2.05, 4.69) is 10.6 Å². The number of nitrogens with zero attached hydrogens (tertiary/aromatic N) is 1. The van der Waals surface area contributed by atoms with Crippen molar-refractivity contribution in [1.29, 1.82) is 0 Å². The van der Waals surface area contributed by atoms with Crippen LogP contribution >= 0.6 is 0 Å². The first-order valence-electron chi connectivity index (χ1n) is 8.33. The molecule has 9 heteroatoms. The van der Waals surface area contributed by atoms with Crippen molar-refractivity contribution in [2.75, 3.05) is 6.54 Å². The minimum atomic E-state index is -0.805. The molecule has 1 aromatic rings. The van der Waals surface area contributed by atoms with Gasteiger partial charge in [0.05, 0.1) is 17.4 Å². The Hall–Kier alpha value is -2.97. The van der Waals surface area contributed by atoms with Gasteiger partial charge in [0.15, 0.2) is 0 Å². The van der Waals surface area contributed by atoms with Crippen LogP contribution in [0.1, 0.15) is 41.6 Å². The number of aliphatic carboxylic acids is 1. The third-order valence-corrected chi connectivity index (χ3v) is 4.51. The van der Waals surface area contributed by atoms with Crippen molar-refractivity contribution >= 4 is 23.5 Å². The average Bonchev–Trinajstić information content (AvgIpc) is 2.59. The van der Waals surface area contributed by atoms with E-state index in [1.54, 1.807) is 0 Å². The molecule has 0 bridgehead atoms. The molecule has 2 rings (SSSR count). The maximum Gasteiger partial charge on any atom is 0.306 e. The van der Waals surface area contributed by atoms with Crippen molar-refractivity contribution in [3.05, 3.63) is 39.4 Å². The summed E-state index contributed by atoms with van der Waals surface area (Å²) in [6.07, 6.45) is 2.24. The summed E-state index contributed by atoms with van der Waals surface area (Å²) in [5, 5.41) is 25.0. The molecule has 0 aromatic heterocycles. The lowest BCUT2D eigenvalue weighted by molar-refractivity contribution is -0.385. The highest BCUT2D eigenvalue weighted by Crippen LogP contribution is 2.24. The minimum absolute atomic E-state index is 0.0729. The van der Waals surface area contributed by atoms with Crippen molar-refractivity contribution in [1.82, 2.24) is 10.6 Å². The van der Waals surface area contributed by atoms with Gasteiger partial charge in [-0.1, -0.05) is 0 Å². The normalized spacial score (nSPS) is 19.4.